The molecule has 6 heteroatoms. The fraction of sp³-hybridized carbons (Fsp3) is 0.842. The van der Waals surface area contributed by atoms with Gasteiger partial charge in [0.2, 0.25) is 5.91 Å². The van der Waals surface area contributed by atoms with E-state index in [0.29, 0.717) is 11.8 Å². The van der Waals surface area contributed by atoms with E-state index in [2.05, 4.69) is 15.2 Å². The molecule has 2 fully saturated rings. The Balaban J connectivity index is 1.51. The van der Waals surface area contributed by atoms with Crippen molar-refractivity contribution in [2.45, 2.75) is 70.8 Å². The van der Waals surface area contributed by atoms with E-state index in [9.17, 15) is 4.79 Å². The molecule has 1 amide bonds. The van der Waals surface area contributed by atoms with Gasteiger partial charge in [0.05, 0.1) is 5.69 Å². The predicted molar refractivity (Wildman–Crippen MR) is 95.9 cm³/mol. The zero-order valence-corrected chi connectivity index (χ0v) is 15.3. The fourth-order valence-corrected chi connectivity index (χ4v) is 4.27. The van der Waals surface area contributed by atoms with E-state index in [1.165, 1.54) is 25.7 Å². The summed E-state index contributed by atoms with van der Waals surface area (Å²) in [5, 5.41) is 17.3. The number of amides is 1. The second-order valence-corrected chi connectivity index (χ2v) is 7.74. The summed E-state index contributed by atoms with van der Waals surface area (Å²) in [5.74, 6) is 1.13. The summed E-state index contributed by atoms with van der Waals surface area (Å²) in [5.41, 5.74) is 0.941. The van der Waals surface area contributed by atoms with Gasteiger partial charge in [0.1, 0.15) is 0 Å². The summed E-state index contributed by atoms with van der Waals surface area (Å²) in [4.78, 5) is 15.0. The maximum Gasteiger partial charge on any atom is 0.225 e. The number of hydrogen-bond acceptors (Lipinski definition) is 4. The zero-order valence-electron chi connectivity index (χ0n) is 15.3. The summed E-state index contributed by atoms with van der Waals surface area (Å²) in [6.07, 6.45) is 12.9. The molecular weight excluding hydrogens is 316 g/mol. The van der Waals surface area contributed by atoms with E-state index in [0.717, 1.165) is 63.9 Å². The third-order valence-electron chi connectivity index (χ3n) is 5.66. The van der Waals surface area contributed by atoms with Gasteiger partial charge in [-0.3, -0.25) is 9.48 Å². The van der Waals surface area contributed by atoms with Crippen molar-refractivity contribution in [1.82, 2.24) is 19.9 Å². The molecule has 2 aliphatic rings. The van der Waals surface area contributed by atoms with Crippen LogP contribution in [0.2, 0.25) is 0 Å². The van der Waals surface area contributed by atoms with Gasteiger partial charge in [-0.1, -0.05) is 30.9 Å². The number of likely N-dealkylation sites (tertiary alicyclic amines) is 1. The molecule has 1 unspecified atom stereocenters. The van der Waals surface area contributed by atoms with E-state index < -0.39 is 0 Å². The highest BCUT2D eigenvalue weighted by Crippen LogP contribution is 2.27. The van der Waals surface area contributed by atoms with Crippen molar-refractivity contribution in [2.24, 2.45) is 11.8 Å². The number of nitrogens with zero attached hydrogens (tertiary/aromatic N) is 4. The van der Waals surface area contributed by atoms with Crippen molar-refractivity contribution in [1.29, 1.82) is 0 Å². The molecule has 1 N–H and O–H groups in total. The number of rotatable bonds is 6. The molecule has 140 valence electrons. The number of aliphatic hydroxyl groups excluding tert-OH is 1. The van der Waals surface area contributed by atoms with Gasteiger partial charge in [0.25, 0.3) is 0 Å². The second-order valence-electron chi connectivity index (χ2n) is 7.74. The second kappa shape index (κ2) is 9.32. The van der Waals surface area contributed by atoms with Crippen molar-refractivity contribution in [3.05, 3.63) is 11.9 Å². The van der Waals surface area contributed by atoms with E-state index in [-0.39, 0.29) is 12.5 Å². The van der Waals surface area contributed by atoms with Gasteiger partial charge >= 0.3 is 0 Å². The van der Waals surface area contributed by atoms with Gasteiger partial charge in [0, 0.05) is 38.4 Å². The zero-order chi connectivity index (χ0) is 17.5. The molecule has 25 heavy (non-hydrogen) atoms. The molecular formula is C19H32N4O2. The molecule has 0 bridgehead atoms. The first-order valence-electron chi connectivity index (χ1n) is 10.0. The van der Waals surface area contributed by atoms with E-state index >= 15 is 0 Å². The number of carbonyl (C=O) groups is 1. The number of aliphatic hydroxyl groups is 1. The number of hydrogen-bond donors (Lipinski definition) is 1. The lowest BCUT2D eigenvalue weighted by atomic mass is 9.94. The average molecular weight is 348 g/mol. The fourth-order valence-electron chi connectivity index (χ4n) is 4.27. The topological polar surface area (TPSA) is 71.2 Å². The van der Waals surface area contributed by atoms with Crippen LogP contribution in [0.5, 0.6) is 0 Å². The number of piperidine rings is 1. The molecule has 6 nitrogen and oxygen atoms in total. The van der Waals surface area contributed by atoms with Crippen LogP contribution in [-0.2, 0) is 17.8 Å². The molecule has 0 radical (unpaired) electrons. The van der Waals surface area contributed by atoms with Crippen molar-refractivity contribution < 1.29 is 9.90 Å². The Morgan fingerprint density at radius 1 is 1.16 bits per heavy atom. The molecule has 1 saturated heterocycles. The normalized spacial score (nSPS) is 22.8. The summed E-state index contributed by atoms with van der Waals surface area (Å²) >= 11 is 0. The van der Waals surface area contributed by atoms with Gasteiger partial charge < -0.3 is 10.0 Å². The molecule has 0 aromatic carbocycles. The van der Waals surface area contributed by atoms with E-state index in [1.807, 2.05) is 10.9 Å². The van der Waals surface area contributed by atoms with Gasteiger partial charge in [-0.25, -0.2) is 0 Å². The average Bonchev–Trinajstić information content (AvgIpc) is 2.90. The Morgan fingerprint density at radius 2 is 1.96 bits per heavy atom. The summed E-state index contributed by atoms with van der Waals surface area (Å²) in [6.45, 7) is 2.81. The number of aromatic nitrogens is 3. The maximum absolute atomic E-state index is 12.9. The Hall–Kier alpha value is -1.43. The summed E-state index contributed by atoms with van der Waals surface area (Å²) in [7, 11) is 0. The molecule has 1 aliphatic carbocycles. The first kappa shape index (κ1) is 18.4. The highest BCUT2D eigenvalue weighted by molar-refractivity contribution is 5.79. The van der Waals surface area contributed by atoms with Crippen LogP contribution in [0.15, 0.2) is 6.20 Å². The lowest BCUT2D eigenvalue weighted by Gasteiger charge is -2.34. The van der Waals surface area contributed by atoms with Crippen molar-refractivity contribution >= 4 is 5.91 Å². The van der Waals surface area contributed by atoms with Crippen LogP contribution >= 0.6 is 0 Å². The van der Waals surface area contributed by atoms with Gasteiger partial charge in [-0.15, -0.1) is 5.10 Å². The Bertz CT molecular complexity index is 537. The molecule has 2 heterocycles. The first-order valence-corrected chi connectivity index (χ1v) is 10.0. The maximum atomic E-state index is 12.9. The van der Waals surface area contributed by atoms with Crippen molar-refractivity contribution in [3.63, 3.8) is 0 Å². The largest absolute Gasteiger partial charge is 0.396 e. The van der Waals surface area contributed by atoms with Gasteiger partial charge in [-0.05, 0) is 44.4 Å². The van der Waals surface area contributed by atoms with Crippen LogP contribution in [0.3, 0.4) is 0 Å². The van der Waals surface area contributed by atoms with E-state index in [4.69, 9.17) is 5.11 Å². The molecule has 0 spiro atoms. The molecule has 3 rings (SSSR count). The van der Waals surface area contributed by atoms with Gasteiger partial charge in [-0.2, -0.15) is 0 Å². The van der Waals surface area contributed by atoms with Crippen LogP contribution in [0.25, 0.3) is 0 Å². The lowest BCUT2D eigenvalue weighted by molar-refractivity contribution is -0.138. The SMILES string of the molecule is O=C(C1CCCCCC1)N1CCCC(Cn2cc(CCCO)nn2)C1. The van der Waals surface area contributed by atoms with Crippen LogP contribution < -0.4 is 0 Å². The third-order valence-corrected chi connectivity index (χ3v) is 5.66. The van der Waals surface area contributed by atoms with Crippen molar-refractivity contribution in [2.75, 3.05) is 19.7 Å². The summed E-state index contributed by atoms with van der Waals surface area (Å²) in [6, 6.07) is 0. The van der Waals surface area contributed by atoms with Crippen LogP contribution in [0.1, 0.15) is 63.5 Å². The minimum Gasteiger partial charge on any atom is -0.396 e. The molecule has 1 aromatic heterocycles. The standard InChI is InChI=1S/C19H32N4O2/c24-12-6-10-18-15-23(21-20-18)14-16-7-5-11-22(13-16)19(25)17-8-3-1-2-4-9-17/h15-17,24H,1-14H2. The molecule has 1 aromatic rings. The molecule has 1 saturated carbocycles. The lowest BCUT2D eigenvalue weighted by Crippen LogP contribution is -2.44. The Labute approximate surface area is 150 Å². The van der Waals surface area contributed by atoms with Crippen molar-refractivity contribution in [3.8, 4) is 0 Å². The van der Waals surface area contributed by atoms with Gasteiger partial charge in [0.15, 0.2) is 0 Å². The predicted octanol–water partition coefficient (Wildman–Crippen LogP) is 2.41. The van der Waals surface area contributed by atoms with Crippen LogP contribution in [0, 0.1) is 11.8 Å². The first-order chi connectivity index (χ1) is 12.3. The van der Waals surface area contributed by atoms with E-state index in [1.54, 1.807) is 0 Å². The third kappa shape index (κ3) is 5.27. The number of carbonyl (C=O) groups excluding carboxylic acids is 1. The van der Waals surface area contributed by atoms with Crippen LogP contribution in [0.4, 0.5) is 0 Å². The molecule has 1 atom stereocenters. The summed E-state index contributed by atoms with van der Waals surface area (Å²) < 4.78 is 1.91. The Morgan fingerprint density at radius 3 is 2.72 bits per heavy atom. The quantitative estimate of drug-likeness (QED) is 0.802. The highest BCUT2D eigenvalue weighted by atomic mass is 16.3. The van der Waals surface area contributed by atoms with Crippen LogP contribution in [-0.4, -0.2) is 50.6 Å². The molecule has 1 aliphatic heterocycles. The smallest absolute Gasteiger partial charge is 0.225 e. The monoisotopic (exact) mass is 348 g/mol. The minimum absolute atomic E-state index is 0.188. The highest BCUT2D eigenvalue weighted by Gasteiger charge is 2.29. The minimum atomic E-state index is 0.188. The number of aryl methyl sites for hydroxylation is 1. The Kier molecular flexibility index (Phi) is 6.84.